The first-order chi connectivity index (χ1) is 10.1. The highest BCUT2D eigenvalue weighted by Crippen LogP contribution is 2.22. The quantitative estimate of drug-likeness (QED) is 0.794. The van der Waals surface area contributed by atoms with Crippen LogP contribution in [0.15, 0.2) is 24.3 Å². The van der Waals surface area contributed by atoms with Crippen molar-refractivity contribution in [2.45, 2.75) is 20.4 Å². The van der Waals surface area contributed by atoms with Gasteiger partial charge in [0, 0.05) is 29.6 Å². The highest BCUT2D eigenvalue weighted by atomic mass is 16.5. The molecule has 0 saturated heterocycles. The Morgan fingerprint density at radius 2 is 2.05 bits per heavy atom. The summed E-state index contributed by atoms with van der Waals surface area (Å²) in [5, 5.41) is 3.16. The lowest BCUT2D eigenvalue weighted by Gasteiger charge is -2.11. The Bertz CT molecular complexity index is 617. The predicted molar refractivity (Wildman–Crippen MR) is 82.7 cm³/mol. The second-order valence-corrected chi connectivity index (χ2v) is 4.53. The molecule has 0 fully saturated rings. The molecule has 0 saturated carbocycles. The van der Waals surface area contributed by atoms with Crippen LogP contribution in [0.25, 0.3) is 0 Å². The third-order valence-electron chi connectivity index (χ3n) is 2.86. The molecule has 1 heterocycles. The second-order valence-electron chi connectivity index (χ2n) is 4.53. The van der Waals surface area contributed by atoms with Gasteiger partial charge in [-0.2, -0.15) is 4.98 Å². The molecule has 2 aromatic rings. The molecule has 0 bridgehead atoms. The minimum atomic E-state index is 0.517. The molecule has 0 atom stereocenters. The smallest absolute Gasteiger partial charge is 0.226 e. The van der Waals surface area contributed by atoms with Gasteiger partial charge in [0.15, 0.2) is 0 Å². The fourth-order valence-electron chi connectivity index (χ4n) is 1.95. The van der Waals surface area contributed by atoms with E-state index < -0.39 is 0 Å². The Kier molecular flexibility index (Phi) is 4.81. The fraction of sp³-hybridized carbons (Fsp3) is 0.333. The molecule has 0 unspecified atom stereocenters. The molecule has 0 amide bonds. The van der Waals surface area contributed by atoms with Crippen molar-refractivity contribution in [1.82, 2.24) is 9.97 Å². The summed E-state index contributed by atoms with van der Waals surface area (Å²) in [7, 11) is 1.63. The summed E-state index contributed by atoms with van der Waals surface area (Å²) < 4.78 is 10.7. The van der Waals surface area contributed by atoms with Crippen LogP contribution < -0.4 is 20.5 Å². The highest BCUT2D eigenvalue weighted by molar-refractivity contribution is 5.49. The van der Waals surface area contributed by atoms with Crippen molar-refractivity contribution in [3.05, 3.63) is 35.5 Å². The Morgan fingerprint density at radius 1 is 1.24 bits per heavy atom. The number of nitrogens with two attached hydrogens (primary N) is 1. The van der Waals surface area contributed by atoms with Crippen molar-refractivity contribution in [3.8, 4) is 11.6 Å². The maximum Gasteiger partial charge on any atom is 0.226 e. The van der Waals surface area contributed by atoms with Crippen LogP contribution in [0.3, 0.4) is 0 Å². The van der Waals surface area contributed by atoms with Crippen LogP contribution in [0.4, 0.5) is 11.6 Å². The molecule has 0 aliphatic carbocycles. The lowest BCUT2D eigenvalue weighted by molar-refractivity contribution is 0.326. The SMILES string of the molecule is CCOc1cc(C)nc(NCc2cc(N)ccc2OC)n1. The monoisotopic (exact) mass is 288 g/mol. The van der Waals surface area contributed by atoms with Gasteiger partial charge in [-0.05, 0) is 32.0 Å². The van der Waals surface area contributed by atoms with E-state index in [2.05, 4.69) is 15.3 Å². The zero-order chi connectivity index (χ0) is 15.2. The van der Waals surface area contributed by atoms with Crippen LogP contribution in [0.2, 0.25) is 0 Å². The lowest BCUT2D eigenvalue weighted by atomic mass is 10.2. The number of hydrogen-bond donors (Lipinski definition) is 2. The average Bonchev–Trinajstić information content (AvgIpc) is 2.45. The molecular weight excluding hydrogens is 268 g/mol. The lowest BCUT2D eigenvalue weighted by Crippen LogP contribution is -2.07. The number of aromatic nitrogens is 2. The number of ether oxygens (including phenoxy) is 2. The highest BCUT2D eigenvalue weighted by Gasteiger charge is 2.06. The molecule has 0 aliphatic heterocycles. The summed E-state index contributed by atoms with van der Waals surface area (Å²) in [6.45, 7) is 4.90. The van der Waals surface area contributed by atoms with Crippen molar-refractivity contribution in [2.24, 2.45) is 0 Å². The molecule has 112 valence electrons. The summed E-state index contributed by atoms with van der Waals surface area (Å²) in [6, 6.07) is 7.31. The van der Waals surface area contributed by atoms with Gasteiger partial charge >= 0.3 is 0 Å². The van der Waals surface area contributed by atoms with E-state index in [0.29, 0.717) is 30.7 Å². The molecule has 3 N–H and O–H groups in total. The number of benzene rings is 1. The van der Waals surface area contributed by atoms with Gasteiger partial charge < -0.3 is 20.5 Å². The Balaban J connectivity index is 2.14. The minimum Gasteiger partial charge on any atom is -0.496 e. The third-order valence-corrected chi connectivity index (χ3v) is 2.86. The predicted octanol–water partition coefficient (Wildman–Crippen LogP) is 2.39. The van der Waals surface area contributed by atoms with Crippen LogP contribution >= 0.6 is 0 Å². The fourth-order valence-corrected chi connectivity index (χ4v) is 1.95. The summed E-state index contributed by atoms with van der Waals surface area (Å²) >= 11 is 0. The Hall–Kier alpha value is -2.50. The molecule has 6 nitrogen and oxygen atoms in total. The number of nitrogens with zero attached hydrogens (tertiary/aromatic N) is 2. The molecule has 21 heavy (non-hydrogen) atoms. The Labute approximate surface area is 124 Å². The van der Waals surface area contributed by atoms with Crippen molar-refractivity contribution >= 4 is 11.6 Å². The van der Waals surface area contributed by atoms with Crippen molar-refractivity contribution < 1.29 is 9.47 Å². The van der Waals surface area contributed by atoms with Crippen LogP contribution in [0.5, 0.6) is 11.6 Å². The number of rotatable bonds is 6. The number of nitrogen functional groups attached to an aromatic ring is 1. The normalized spacial score (nSPS) is 10.2. The average molecular weight is 288 g/mol. The number of anilines is 2. The second kappa shape index (κ2) is 6.78. The summed E-state index contributed by atoms with van der Waals surface area (Å²) in [5.41, 5.74) is 8.28. The van der Waals surface area contributed by atoms with Gasteiger partial charge in [-0.25, -0.2) is 4.98 Å². The minimum absolute atomic E-state index is 0.517. The maximum atomic E-state index is 5.80. The van der Waals surface area contributed by atoms with E-state index in [0.717, 1.165) is 17.0 Å². The van der Waals surface area contributed by atoms with Crippen LogP contribution in [0, 0.1) is 6.92 Å². The standard InChI is InChI=1S/C15H20N4O2/c1-4-21-14-7-10(2)18-15(19-14)17-9-11-8-12(16)5-6-13(11)20-3/h5-8H,4,9,16H2,1-3H3,(H,17,18,19). The molecule has 0 spiro atoms. The van der Waals surface area contributed by atoms with Crippen LogP contribution in [-0.2, 0) is 6.54 Å². The van der Waals surface area contributed by atoms with Gasteiger partial charge in [0.1, 0.15) is 5.75 Å². The topological polar surface area (TPSA) is 82.3 Å². The summed E-state index contributed by atoms with van der Waals surface area (Å²) in [6.07, 6.45) is 0. The van der Waals surface area contributed by atoms with Gasteiger partial charge in [-0.3, -0.25) is 0 Å². The van der Waals surface area contributed by atoms with Crippen LogP contribution in [-0.4, -0.2) is 23.7 Å². The molecule has 0 aliphatic rings. The van der Waals surface area contributed by atoms with Crippen molar-refractivity contribution in [3.63, 3.8) is 0 Å². The summed E-state index contributed by atoms with van der Waals surface area (Å²) in [4.78, 5) is 8.63. The molecule has 1 aromatic heterocycles. The van der Waals surface area contributed by atoms with E-state index in [4.69, 9.17) is 15.2 Å². The van der Waals surface area contributed by atoms with Gasteiger partial charge in [0.2, 0.25) is 11.8 Å². The first-order valence-corrected chi connectivity index (χ1v) is 6.77. The third kappa shape index (κ3) is 3.98. The molecule has 2 rings (SSSR count). The van der Waals surface area contributed by atoms with E-state index in [9.17, 15) is 0 Å². The largest absolute Gasteiger partial charge is 0.496 e. The first kappa shape index (κ1) is 14.9. The maximum absolute atomic E-state index is 5.80. The zero-order valence-corrected chi connectivity index (χ0v) is 12.5. The first-order valence-electron chi connectivity index (χ1n) is 6.77. The number of methoxy groups -OCH3 is 1. The molecule has 1 aromatic carbocycles. The van der Waals surface area contributed by atoms with Crippen molar-refractivity contribution in [2.75, 3.05) is 24.8 Å². The molecule has 0 radical (unpaired) electrons. The van der Waals surface area contributed by atoms with Crippen molar-refractivity contribution in [1.29, 1.82) is 0 Å². The van der Waals surface area contributed by atoms with E-state index in [1.54, 1.807) is 19.2 Å². The van der Waals surface area contributed by atoms with Gasteiger partial charge in [-0.1, -0.05) is 0 Å². The Morgan fingerprint density at radius 3 is 2.76 bits per heavy atom. The van der Waals surface area contributed by atoms with E-state index >= 15 is 0 Å². The van der Waals surface area contributed by atoms with Crippen LogP contribution in [0.1, 0.15) is 18.2 Å². The number of aryl methyl sites for hydroxylation is 1. The van der Waals surface area contributed by atoms with Gasteiger partial charge in [0.25, 0.3) is 0 Å². The zero-order valence-electron chi connectivity index (χ0n) is 12.5. The van der Waals surface area contributed by atoms with Gasteiger partial charge in [-0.15, -0.1) is 0 Å². The summed E-state index contributed by atoms with van der Waals surface area (Å²) in [5.74, 6) is 1.85. The molecule has 6 heteroatoms. The van der Waals surface area contributed by atoms with E-state index in [-0.39, 0.29) is 0 Å². The van der Waals surface area contributed by atoms with E-state index in [1.807, 2.05) is 26.0 Å². The molecular formula is C15H20N4O2. The number of nitrogens with one attached hydrogen (secondary N) is 1. The number of hydrogen-bond acceptors (Lipinski definition) is 6. The van der Waals surface area contributed by atoms with E-state index in [1.165, 1.54) is 0 Å². The van der Waals surface area contributed by atoms with Gasteiger partial charge in [0.05, 0.1) is 13.7 Å².